The molecule has 1 aliphatic rings. The van der Waals surface area contributed by atoms with E-state index in [1.165, 1.54) is 0 Å². The summed E-state index contributed by atoms with van der Waals surface area (Å²) in [6, 6.07) is 1.77. The van der Waals surface area contributed by atoms with Crippen molar-refractivity contribution in [3.8, 4) is 0 Å². The van der Waals surface area contributed by atoms with Gasteiger partial charge in [-0.25, -0.2) is 4.79 Å². The van der Waals surface area contributed by atoms with Gasteiger partial charge in [0.2, 0.25) is 0 Å². The van der Waals surface area contributed by atoms with Gasteiger partial charge in [0.25, 0.3) is 0 Å². The molecular weight excluding hydrogens is 250 g/mol. The summed E-state index contributed by atoms with van der Waals surface area (Å²) in [6.07, 6.45) is 2.67. The Kier molecular flexibility index (Phi) is 2.60. The lowest BCUT2D eigenvalue weighted by atomic mass is 10.2. The Balaban J connectivity index is 2.35. The first kappa shape index (κ1) is 9.73. The van der Waals surface area contributed by atoms with E-state index in [1.807, 2.05) is 0 Å². The second kappa shape index (κ2) is 3.74. The van der Waals surface area contributed by atoms with Crippen LogP contribution in [0.2, 0.25) is 0 Å². The normalized spacial score (nSPS) is 21.4. The number of carboxylic acids is 1. The van der Waals surface area contributed by atoms with E-state index in [0.29, 0.717) is 18.9 Å². The maximum Gasteiger partial charge on any atom is 0.352 e. The van der Waals surface area contributed by atoms with Crippen LogP contribution in [-0.2, 0) is 4.74 Å². The molecule has 0 amide bonds. The molecule has 0 bridgehead atoms. The highest BCUT2D eigenvalue weighted by Crippen LogP contribution is 2.25. The van der Waals surface area contributed by atoms with Crippen LogP contribution in [0, 0.1) is 0 Å². The minimum Gasteiger partial charge on any atom is -0.477 e. The molecule has 1 aromatic rings. The summed E-state index contributed by atoms with van der Waals surface area (Å²) in [5.41, 5.74) is 0.312. The van der Waals surface area contributed by atoms with Gasteiger partial charge in [-0.3, -0.25) is 0 Å². The van der Waals surface area contributed by atoms with Crippen molar-refractivity contribution in [2.45, 2.75) is 12.5 Å². The van der Waals surface area contributed by atoms with E-state index >= 15 is 0 Å². The van der Waals surface area contributed by atoms with E-state index in [4.69, 9.17) is 9.84 Å². The van der Waals surface area contributed by atoms with E-state index in [1.54, 1.807) is 16.8 Å². The van der Waals surface area contributed by atoms with Gasteiger partial charge in [0, 0.05) is 17.3 Å². The number of halogens is 1. The molecular formula is C9H10BrNO3. The third-order valence-corrected chi connectivity index (χ3v) is 2.77. The Bertz CT molecular complexity index is 355. The fourth-order valence-corrected chi connectivity index (χ4v) is 2.10. The molecule has 4 nitrogen and oxygen atoms in total. The largest absolute Gasteiger partial charge is 0.477 e. The van der Waals surface area contributed by atoms with E-state index in [0.717, 1.165) is 10.9 Å². The van der Waals surface area contributed by atoms with Gasteiger partial charge < -0.3 is 14.4 Å². The quantitative estimate of drug-likeness (QED) is 0.883. The first-order valence-corrected chi connectivity index (χ1v) is 5.16. The molecule has 1 saturated heterocycles. The summed E-state index contributed by atoms with van der Waals surface area (Å²) in [7, 11) is 0. The first-order valence-electron chi connectivity index (χ1n) is 4.37. The molecule has 76 valence electrons. The minimum atomic E-state index is -0.900. The molecule has 0 aliphatic carbocycles. The molecule has 2 rings (SSSR count). The monoisotopic (exact) mass is 259 g/mol. The number of aromatic carboxylic acids is 1. The number of carboxylic acid groups (broad SMARTS) is 1. The van der Waals surface area contributed by atoms with Crippen molar-refractivity contribution >= 4 is 21.9 Å². The molecule has 1 N–H and O–H groups in total. The average Bonchev–Trinajstić information content (AvgIpc) is 2.70. The molecule has 0 aromatic carbocycles. The van der Waals surface area contributed by atoms with E-state index < -0.39 is 5.97 Å². The number of hydrogen-bond donors (Lipinski definition) is 1. The van der Waals surface area contributed by atoms with Crippen molar-refractivity contribution in [2.24, 2.45) is 0 Å². The average molecular weight is 260 g/mol. The zero-order valence-electron chi connectivity index (χ0n) is 7.44. The third kappa shape index (κ3) is 1.69. The second-order valence-electron chi connectivity index (χ2n) is 3.27. The Labute approximate surface area is 89.6 Å². The summed E-state index contributed by atoms with van der Waals surface area (Å²) in [5, 5.41) is 8.96. The molecule has 0 radical (unpaired) electrons. The highest BCUT2D eigenvalue weighted by molar-refractivity contribution is 9.10. The molecule has 1 fully saturated rings. The maximum atomic E-state index is 10.9. The molecule has 0 spiro atoms. The van der Waals surface area contributed by atoms with Gasteiger partial charge in [-0.2, -0.15) is 0 Å². The number of carbonyl (C=O) groups is 1. The number of ether oxygens (including phenoxy) is 1. The van der Waals surface area contributed by atoms with Crippen molar-refractivity contribution in [2.75, 3.05) is 13.2 Å². The molecule has 2 heterocycles. The van der Waals surface area contributed by atoms with Crippen molar-refractivity contribution in [1.82, 2.24) is 4.57 Å². The van der Waals surface area contributed by atoms with E-state index in [9.17, 15) is 4.79 Å². The summed E-state index contributed by atoms with van der Waals surface area (Å²) in [5.74, 6) is -0.900. The van der Waals surface area contributed by atoms with E-state index in [-0.39, 0.29) is 6.04 Å². The summed E-state index contributed by atoms with van der Waals surface area (Å²) in [4.78, 5) is 10.9. The van der Waals surface area contributed by atoms with Gasteiger partial charge in [-0.05, 0) is 28.4 Å². The molecule has 1 atom stereocenters. The highest BCUT2D eigenvalue weighted by Gasteiger charge is 2.22. The van der Waals surface area contributed by atoms with Crippen molar-refractivity contribution < 1.29 is 14.6 Å². The van der Waals surface area contributed by atoms with Crippen molar-refractivity contribution in [3.05, 3.63) is 22.4 Å². The molecule has 1 aromatic heterocycles. The van der Waals surface area contributed by atoms with Crippen LogP contribution < -0.4 is 0 Å². The van der Waals surface area contributed by atoms with Crippen LogP contribution in [0.1, 0.15) is 23.0 Å². The Hall–Kier alpha value is -0.810. The smallest absolute Gasteiger partial charge is 0.352 e. The SMILES string of the molecule is O=C(O)c1cc(Br)cn1C1CCOC1. The fourth-order valence-electron chi connectivity index (χ4n) is 1.66. The van der Waals surface area contributed by atoms with Crippen LogP contribution in [0.5, 0.6) is 0 Å². The topological polar surface area (TPSA) is 51.5 Å². The van der Waals surface area contributed by atoms with Crippen molar-refractivity contribution in [3.63, 3.8) is 0 Å². The van der Waals surface area contributed by atoms with Gasteiger partial charge in [0.15, 0.2) is 0 Å². The van der Waals surface area contributed by atoms with Gasteiger partial charge in [-0.1, -0.05) is 0 Å². The Morgan fingerprint density at radius 1 is 1.71 bits per heavy atom. The predicted octanol–water partition coefficient (Wildman–Crippen LogP) is 1.91. The van der Waals surface area contributed by atoms with Crippen LogP contribution in [0.4, 0.5) is 0 Å². The lowest BCUT2D eigenvalue weighted by molar-refractivity contribution is 0.0682. The van der Waals surface area contributed by atoms with Crippen LogP contribution in [0.25, 0.3) is 0 Å². The lowest BCUT2D eigenvalue weighted by Gasteiger charge is -2.11. The molecule has 14 heavy (non-hydrogen) atoms. The van der Waals surface area contributed by atoms with Gasteiger partial charge in [0.1, 0.15) is 5.69 Å². The predicted molar refractivity (Wildman–Crippen MR) is 53.6 cm³/mol. The standard InChI is InChI=1S/C9H10BrNO3/c10-6-3-8(9(12)13)11(4-6)7-1-2-14-5-7/h3-4,7H,1-2,5H2,(H,12,13). The number of nitrogens with zero attached hydrogens (tertiary/aromatic N) is 1. The number of aromatic nitrogens is 1. The zero-order valence-corrected chi connectivity index (χ0v) is 9.03. The van der Waals surface area contributed by atoms with Gasteiger partial charge in [0.05, 0.1) is 12.6 Å². The number of rotatable bonds is 2. The molecule has 5 heteroatoms. The fraction of sp³-hybridized carbons (Fsp3) is 0.444. The second-order valence-corrected chi connectivity index (χ2v) is 4.19. The lowest BCUT2D eigenvalue weighted by Crippen LogP contribution is -2.14. The van der Waals surface area contributed by atoms with Crippen LogP contribution in [-0.4, -0.2) is 28.9 Å². The number of hydrogen-bond acceptors (Lipinski definition) is 2. The van der Waals surface area contributed by atoms with Crippen molar-refractivity contribution in [1.29, 1.82) is 0 Å². The summed E-state index contributed by atoms with van der Waals surface area (Å²) < 4.78 is 7.78. The zero-order chi connectivity index (χ0) is 10.1. The summed E-state index contributed by atoms with van der Waals surface area (Å²) >= 11 is 3.27. The van der Waals surface area contributed by atoms with Gasteiger partial charge >= 0.3 is 5.97 Å². The van der Waals surface area contributed by atoms with E-state index in [2.05, 4.69) is 15.9 Å². The Morgan fingerprint density at radius 2 is 2.50 bits per heavy atom. The molecule has 1 aliphatic heterocycles. The first-order chi connectivity index (χ1) is 6.68. The van der Waals surface area contributed by atoms with Crippen LogP contribution in [0.15, 0.2) is 16.7 Å². The molecule has 1 unspecified atom stereocenters. The molecule has 0 saturated carbocycles. The van der Waals surface area contributed by atoms with Crippen LogP contribution >= 0.6 is 15.9 Å². The maximum absolute atomic E-state index is 10.9. The Morgan fingerprint density at radius 3 is 3.07 bits per heavy atom. The third-order valence-electron chi connectivity index (χ3n) is 2.33. The van der Waals surface area contributed by atoms with Gasteiger partial charge in [-0.15, -0.1) is 0 Å². The minimum absolute atomic E-state index is 0.160. The van der Waals surface area contributed by atoms with Crippen LogP contribution in [0.3, 0.4) is 0 Å². The highest BCUT2D eigenvalue weighted by atomic mass is 79.9. The summed E-state index contributed by atoms with van der Waals surface area (Å²) in [6.45, 7) is 1.31.